The lowest BCUT2D eigenvalue weighted by Gasteiger charge is -2.30. The number of hydrogen-bond donors (Lipinski definition) is 3. The molecule has 3 aromatic rings. The summed E-state index contributed by atoms with van der Waals surface area (Å²) in [4.78, 5) is 45.4. The highest BCUT2D eigenvalue weighted by molar-refractivity contribution is 7.13. The van der Waals surface area contributed by atoms with Crippen molar-refractivity contribution in [3.63, 3.8) is 0 Å². The average molecular weight is 541 g/mol. The molecule has 11 heteroatoms. The van der Waals surface area contributed by atoms with Crippen molar-refractivity contribution in [2.45, 2.75) is 64.6 Å². The van der Waals surface area contributed by atoms with Gasteiger partial charge in [0.1, 0.15) is 17.7 Å². The van der Waals surface area contributed by atoms with Gasteiger partial charge in [0.15, 0.2) is 0 Å². The SMILES string of the molecule is Cc1cc(C(C(=O)N2C[C@@H](O)C[C@@H]2C(=O)N[C@H](CC(=O)O)c2ccc(-c3scnc3C)cc2)C(C)C)on1. The largest absolute Gasteiger partial charge is 0.481 e. The van der Waals surface area contributed by atoms with Crippen LogP contribution in [0.3, 0.4) is 0 Å². The lowest BCUT2D eigenvalue weighted by Crippen LogP contribution is -2.49. The maximum Gasteiger partial charge on any atom is 0.305 e. The molecule has 1 unspecified atom stereocenters. The molecule has 0 spiro atoms. The minimum Gasteiger partial charge on any atom is -0.481 e. The van der Waals surface area contributed by atoms with Crippen LogP contribution in [0.4, 0.5) is 0 Å². The number of rotatable bonds is 9. The van der Waals surface area contributed by atoms with Crippen molar-refractivity contribution in [3.05, 3.63) is 58.6 Å². The van der Waals surface area contributed by atoms with Crippen LogP contribution in [-0.4, -0.2) is 61.7 Å². The van der Waals surface area contributed by atoms with Crippen LogP contribution in [0.15, 0.2) is 40.4 Å². The van der Waals surface area contributed by atoms with Gasteiger partial charge in [0.05, 0.1) is 40.3 Å². The summed E-state index contributed by atoms with van der Waals surface area (Å²) in [5, 5.41) is 26.6. The van der Waals surface area contributed by atoms with Gasteiger partial charge < -0.3 is 25.0 Å². The highest BCUT2D eigenvalue weighted by Crippen LogP contribution is 2.32. The highest BCUT2D eigenvalue weighted by atomic mass is 32.1. The van der Waals surface area contributed by atoms with Crippen molar-refractivity contribution in [1.82, 2.24) is 20.4 Å². The van der Waals surface area contributed by atoms with E-state index in [4.69, 9.17) is 4.52 Å². The number of amides is 2. The van der Waals surface area contributed by atoms with E-state index in [-0.39, 0.29) is 31.2 Å². The second-order valence-corrected chi connectivity index (χ2v) is 10.9. The van der Waals surface area contributed by atoms with Crippen LogP contribution in [0, 0.1) is 19.8 Å². The highest BCUT2D eigenvalue weighted by Gasteiger charge is 2.43. The number of aliphatic hydroxyl groups is 1. The molecule has 0 saturated carbocycles. The number of carboxylic acid groups (broad SMARTS) is 1. The number of β-amino-alcohol motifs (C(OH)–C–C–N with tert-alkyl or cyclic N) is 1. The maximum atomic E-state index is 13.6. The number of benzene rings is 1. The molecule has 3 N–H and O–H groups in total. The molecule has 4 atom stereocenters. The standard InChI is InChI=1S/C27H32N4O6S/c1-14(2)24(22-9-15(3)30-37-22)27(36)31-12-19(32)10-21(31)26(35)29-20(11-23(33)34)17-5-7-18(8-6-17)25-16(4)28-13-38-25/h5-9,13-14,19-21,24,32H,10-12H2,1-4H3,(H,29,35)(H,33,34)/t19-,20+,21+,24?/m0/s1. The number of aromatic nitrogens is 2. The topological polar surface area (TPSA) is 146 Å². The van der Waals surface area contributed by atoms with Crippen molar-refractivity contribution < 1.29 is 29.1 Å². The quantitative estimate of drug-likeness (QED) is 0.374. The van der Waals surface area contributed by atoms with E-state index in [1.54, 1.807) is 30.6 Å². The molecule has 10 nitrogen and oxygen atoms in total. The molecule has 3 heterocycles. The third-order valence-corrected chi connectivity index (χ3v) is 7.74. The number of nitrogens with zero attached hydrogens (tertiary/aromatic N) is 3. The summed E-state index contributed by atoms with van der Waals surface area (Å²) in [7, 11) is 0. The molecule has 4 rings (SSSR count). The smallest absolute Gasteiger partial charge is 0.305 e. The van der Waals surface area contributed by atoms with Crippen LogP contribution in [0.25, 0.3) is 10.4 Å². The predicted octanol–water partition coefficient (Wildman–Crippen LogP) is 3.45. The summed E-state index contributed by atoms with van der Waals surface area (Å²) in [6, 6.07) is 7.26. The minimum atomic E-state index is -1.07. The molecule has 2 amide bonds. The van der Waals surface area contributed by atoms with Gasteiger partial charge in [-0.25, -0.2) is 4.98 Å². The van der Waals surface area contributed by atoms with Gasteiger partial charge in [-0.05, 0) is 30.9 Å². The molecular formula is C27H32N4O6S. The maximum absolute atomic E-state index is 13.6. The first-order valence-corrected chi connectivity index (χ1v) is 13.4. The van der Waals surface area contributed by atoms with Gasteiger partial charge >= 0.3 is 5.97 Å². The van der Waals surface area contributed by atoms with Crippen molar-refractivity contribution in [3.8, 4) is 10.4 Å². The summed E-state index contributed by atoms with van der Waals surface area (Å²) in [5.41, 5.74) is 4.89. The first kappa shape index (κ1) is 27.5. The summed E-state index contributed by atoms with van der Waals surface area (Å²) < 4.78 is 5.37. The van der Waals surface area contributed by atoms with Crippen molar-refractivity contribution in [2.24, 2.45) is 5.92 Å². The molecule has 0 aliphatic carbocycles. The van der Waals surface area contributed by atoms with Gasteiger partial charge in [-0.15, -0.1) is 11.3 Å². The number of aryl methyl sites for hydroxylation is 2. The van der Waals surface area contributed by atoms with Gasteiger partial charge in [0, 0.05) is 19.0 Å². The number of aliphatic carboxylic acids is 1. The number of carboxylic acids is 1. The van der Waals surface area contributed by atoms with E-state index in [1.807, 2.05) is 32.9 Å². The fraction of sp³-hybridized carbons (Fsp3) is 0.444. The lowest BCUT2D eigenvalue weighted by atomic mass is 9.91. The molecule has 1 aliphatic rings. The number of thiazole rings is 1. The normalized spacial score (nSPS) is 18.9. The molecule has 1 aromatic carbocycles. The summed E-state index contributed by atoms with van der Waals surface area (Å²) in [6.07, 6.45) is -1.15. The average Bonchev–Trinajstić information content (AvgIpc) is 3.58. The van der Waals surface area contributed by atoms with Gasteiger partial charge in [-0.1, -0.05) is 43.3 Å². The van der Waals surface area contributed by atoms with E-state index < -0.39 is 36.0 Å². The third-order valence-electron chi connectivity index (χ3n) is 6.77. The summed E-state index contributed by atoms with van der Waals surface area (Å²) in [6.45, 7) is 7.44. The zero-order valence-electron chi connectivity index (χ0n) is 21.7. The van der Waals surface area contributed by atoms with Gasteiger partial charge in [0.25, 0.3) is 0 Å². The van der Waals surface area contributed by atoms with E-state index in [9.17, 15) is 24.6 Å². The molecular weight excluding hydrogens is 508 g/mol. The Labute approximate surface area is 224 Å². The fourth-order valence-electron chi connectivity index (χ4n) is 4.89. The number of aliphatic hydroxyl groups excluding tert-OH is 1. The van der Waals surface area contributed by atoms with Crippen molar-refractivity contribution >= 4 is 29.1 Å². The van der Waals surface area contributed by atoms with Gasteiger partial charge in [0.2, 0.25) is 11.8 Å². The summed E-state index contributed by atoms with van der Waals surface area (Å²) in [5.74, 6) is -2.33. The second-order valence-electron chi connectivity index (χ2n) is 10.0. The first-order valence-electron chi connectivity index (χ1n) is 12.5. The zero-order chi connectivity index (χ0) is 27.6. The number of likely N-dealkylation sites (tertiary alicyclic amines) is 1. The van der Waals surface area contributed by atoms with Crippen molar-refractivity contribution in [1.29, 1.82) is 0 Å². The third kappa shape index (κ3) is 5.94. The number of hydrogen-bond acceptors (Lipinski definition) is 8. The summed E-state index contributed by atoms with van der Waals surface area (Å²) >= 11 is 1.52. The molecule has 202 valence electrons. The van der Waals surface area contributed by atoms with E-state index in [1.165, 1.54) is 16.2 Å². The Morgan fingerprint density at radius 2 is 1.92 bits per heavy atom. The predicted molar refractivity (Wildman–Crippen MR) is 140 cm³/mol. The second kappa shape index (κ2) is 11.4. The van der Waals surface area contributed by atoms with E-state index in [0.717, 1.165) is 16.1 Å². The van der Waals surface area contributed by atoms with E-state index >= 15 is 0 Å². The Morgan fingerprint density at radius 3 is 2.47 bits per heavy atom. The van der Waals surface area contributed by atoms with Gasteiger partial charge in [-0.2, -0.15) is 0 Å². The molecule has 1 saturated heterocycles. The zero-order valence-corrected chi connectivity index (χ0v) is 22.6. The van der Waals surface area contributed by atoms with Gasteiger partial charge in [-0.3, -0.25) is 14.4 Å². The van der Waals surface area contributed by atoms with Crippen LogP contribution >= 0.6 is 11.3 Å². The van der Waals surface area contributed by atoms with Crippen LogP contribution in [-0.2, 0) is 14.4 Å². The Bertz CT molecular complexity index is 1300. The Balaban J connectivity index is 1.55. The van der Waals surface area contributed by atoms with Crippen LogP contribution in [0.5, 0.6) is 0 Å². The van der Waals surface area contributed by atoms with Crippen LogP contribution in [0.2, 0.25) is 0 Å². The number of carbonyl (C=O) groups excluding carboxylic acids is 2. The molecule has 0 radical (unpaired) electrons. The number of carbonyl (C=O) groups is 3. The van der Waals surface area contributed by atoms with E-state index in [2.05, 4.69) is 15.5 Å². The molecule has 2 aromatic heterocycles. The Hall–Kier alpha value is -3.57. The number of nitrogens with one attached hydrogen (secondary N) is 1. The molecule has 1 fully saturated rings. The van der Waals surface area contributed by atoms with E-state index in [0.29, 0.717) is 17.0 Å². The fourth-order valence-corrected chi connectivity index (χ4v) is 5.70. The Morgan fingerprint density at radius 1 is 1.21 bits per heavy atom. The van der Waals surface area contributed by atoms with Crippen LogP contribution in [0.1, 0.15) is 61.4 Å². The first-order chi connectivity index (χ1) is 18.0. The Kier molecular flexibility index (Phi) is 8.27. The molecule has 1 aliphatic heterocycles. The monoisotopic (exact) mass is 540 g/mol. The van der Waals surface area contributed by atoms with Crippen molar-refractivity contribution in [2.75, 3.05) is 6.54 Å². The van der Waals surface area contributed by atoms with Crippen LogP contribution < -0.4 is 5.32 Å². The molecule has 38 heavy (non-hydrogen) atoms. The lowest BCUT2D eigenvalue weighted by molar-refractivity contribution is -0.142. The minimum absolute atomic E-state index is 0.000244. The molecule has 0 bridgehead atoms.